The second-order valence-electron chi connectivity index (χ2n) is 4.88. The van der Waals surface area contributed by atoms with Crippen molar-refractivity contribution in [2.45, 2.75) is 39.0 Å². The van der Waals surface area contributed by atoms with Gasteiger partial charge in [0.15, 0.2) is 0 Å². The molecule has 1 saturated carbocycles. The Bertz CT molecular complexity index is 202. The van der Waals surface area contributed by atoms with Crippen molar-refractivity contribution >= 4 is 5.78 Å². The van der Waals surface area contributed by atoms with Crippen LogP contribution in [0.15, 0.2) is 0 Å². The summed E-state index contributed by atoms with van der Waals surface area (Å²) in [7, 11) is 0. The van der Waals surface area contributed by atoms with E-state index >= 15 is 0 Å². The summed E-state index contributed by atoms with van der Waals surface area (Å²) in [5, 5.41) is 3.31. The molecule has 0 amide bonds. The van der Waals surface area contributed by atoms with Gasteiger partial charge in [-0.2, -0.15) is 0 Å². The largest absolute Gasteiger partial charge is 0.317 e. The Morgan fingerprint density at radius 3 is 2.54 bits per heavy atom. The molecule has 1 aliphatic heterocycles. The Morgan fingerprint density at radius 2 is 2.00 bits per heavy atom. The van der Waals surface area contributed by atoms with Crippen molar-refractivity contribution in [1.29, 1.82) is 0 Å². The predicted octanol–water partition coefficient (Wildman–Crippen LogP) is 1.75. The highest BCUT2D eigenvalue weighted by Crippen LogP contribution is 2.38. The molecule has 2 aliphatic rings. The molecule has 1 heterocycles. The van der Waals surface area contributed by atoms with E-state index in [4.69, 9.17) is 0 Å². The number of carbonyl (C=O) groups is 1. The van der Waals surface area contributed by atoms with E-state index in [2.05, 4.69) is 12.2 Å². The molecule has 74 valence electrons. The van der Waals surface area contributed by atoms with Crippen molar-refractivity contribution in [3.8, 4) is 0 Å². The van der Waals surface area contributed by atoms with E-state index in [0.29, 0.717) is 5.78 Å². The monoisotopic (exact) mass is 181 g/mol. The minimum atomic E-state index is 0.00778. The van der Waals surface area contributed by atoms with Gasteiger partial charge >= 0.3 is 0 Å². The van der Waals surface area contributed by atoms with Gasteiger partial charge in [0.2, 0.25) is 0 Å². The van der Waals surface area contributed by atoms with E-state index in [9.17, 15) is 4.79 Å². The molecule has 0 atom stereocenters. The average Bonchev–Trinajstić information content (AvgIpc) is 2.89. The van der Waals surface area contributed by atoms with Gasteiger partial charge in [0.05, 0.1) is 0 Å². The number of piperidine rings is 1. The Labute approximate surface area is 80.1 Å². The third-order valence-corrected chi connectivity index (χ3v) is 3.55. The summed E-state index contributed by atoms with van der Waals surface area (Å²) in [5.41, 5.74) is 0.00778. The SMILES string of the molecule is CC1(C(=O)CC2CC2)CCNCC1. The first-order valence-corrected chi connectivity index (χ1v) is 5.45. The van der Waals surface area contributed by atoms with Crippen molar-refractivity contribution in [2.24, 2.45) is 11.3 Å². The lowest BCUT2D eigenvalue weighted by molar-refractivity contribution is -0.129. The zero-order valence-corrected chi connectivity index (χ0v) is 8.44. The zero-order valence-electron chi connectivity index (χ0n) is 8.44. The molecule has 0 aromatic heterocycles. The highest BCUT2D eigenvalue weighted by molar-refractivity contribution is 5.85. The van der Waals surface area contributed by atoms with Crippen molar-refractivity contribution in [3.63, 3.8) is 0 Å². The Kier molecular flexibility index (Phi) is 2.41. The summed E-state index contributed by atoms with van der Waals surface area (Å²) in [5.74, 6) is 1.27. The molecule has 2 fully saturated rings. The summed E-state index contributed by atoms with van der Waals surface area (Å²) in [6.07, 6.45) is 5.52. The smallest absolute Gasteiger partial charge is 0.139 e. The quantitative estimate of drug-likeness (QED) is 0.718. The Hall–Kier alpha value is -0.370. The highest BCUT2D eigenvalue weighted by atomic mass is 16.1. The van der Waals surface area contributed by atoms with Crippen molar-refractivity contribution < 1.29 is 4.79 Å². The molecule has 2 rings (SSSR count). The summed E-state index contributed by atoms with van der Waals surface area (Å²) < 4.78 is 0. The lowest BCUT2D eigenvalue weighted by atomic mass is 9.75. The van der Waals surface area contributed by atoms with Gasteiger partial charge in [0.1, 0.15) is 5.78 Å². The Balaban J connectivity index is 1.90. The second-order valence-corrected chi connectivity index (χ2v) is 4.88. The van der Waals surface area contributed by atoms with Crippen LogP contribution >= 0.6 is 0 Å². The fourth-order valence-electron chi connectivity index (χ4n) is 2.09. The number of Topliss-reactive ketones (excluding diaryl/α,β-unsaturated/α-hetero) is 1. The maximum absolute atomic E-state index is 11.9. The van der Waals surface area contributed by atoms with Gasteiger partial charge in [0, 0.05) is 11.8 Å². The summed E-state index contributed by atoms with van der Waals surface area (Å²) in [6.45, 7) is 4.19. The number of nitrogens with one attached hydrogen (secondary N) is 1. The molecule has 2 heteroatoms. The van der Waals surface area contributed by atoms with Gasteiger partial charge < -0.3 is 5.32 Å². The van der Waals surface area contributed by atoms with E-state index in [1.807, 2.05) is 0 Å². The van der Waals surface area contributed by atoms with Crippen LogP contribution < -0.4 is 5.32 Å². The molecule has 2 nitrogen and oxygen atoms in total. The highest BCUT2D eigenvalue weighted by Gasteiger charge is 2.37. The first-order valence-electron chi connectivity index (χ1n) is 5.45. The molecule has 0 aromatic carbocycles. The summed E-state index contributed by atoms with van der Waals surface area (Å²) in [4.78, 5) is 11.9. The molecule has 13 heavy (non-hydrogen) atoms. The normalized spacial score (nSPS) is 27.2. The van der Waals surface area contributed by atoms with Crippen LogP contribution in [0, 0.1) is 11.3 Å². The molecular weight excluding hydrogens is 162 g/mol. The van der Waals surface area contributed by atoms with Crippen LogP contribution in [0.5, 0.6) is 0 Å². The van der Waals surface area contributed by atoms with E-state index in [1.54, 1.807) is 0 Å². The standard InChI is InChI=1S/C11H19NO/c1-11(4-6-12-7-5-11)10(13)8-9-2-3-9/h9,12H,2-8H2,1H3. The number of hydrogen-bond donors (Lipinski definition) is 1. The zero-order chi connectivity index (χ0) is 9.31. The van der Waals surface area contributed by atoms with Crippen LogP contribution in [0.2, 0.25) is 0 Å². The number of rotatable bonds is 3. The molecule has 0 spiro atoms. The predicted molar refractivity (Wildman–Crippen MR) is 52.6 cm³/mol. The van der Waals surface area contributed by atoms with E-state index in [-0.39, 0.29) is 5.41 Å². The third-order valence-electron chi connectivity index (χ3n) is 3.55. The van der Waals surface area contributed by atoms with Crippen LogP contribution in [-0.4, -0.2) is 18.9 Å². The minimum absolute atomic E-state index is 0.00778. The van der Waals surface area contributed by atoms with E-state index in [0.717, 1.165) is 38.3 Å². The van der Waals surface area contributed by atoms with E-state index in [1.165, 1.54) is 12.8 Å². The minimum Gasteiger partial charge on any atom is -0.317 e. The fraction of sp³-hybridized carbons (Fsp3) is 0.909. The maximum atomic E-state index is 11.9. The molecule has 1 N–H and O–H groups in total. The lowest BCUT2D eigenvalue weighted by Crippen LogP contribution is -2.40. The first kappa shape index (κ1) is 9.20. The number of carbonyl (C=O) groups excluding carboxylic acids is 1. The van der Waals surface area contributed by atoms with E-state index < -0.39 is 0 Å². The van der Waals surface area contributed by atoms with Crippen LogP contribution in [0.25, 0.3) is 0 Å². The Morgan fingerprint density at radius 1 is 1.38 bits per heavy atom. The fourth-order valence-corrected chi connectivity index (χ4v) is 2.09. The third kappa shape index (κ3) is 2.11. The van der Waals surface area contributed by atoms with Gasteiger partial charge in [-0.25, -0.2) is 0 Å². The summed E-state index contributed by atoms with van der Waals surface area (Å²) >= 11 is 0. The van der Waals surface area contributed by atoms with Gasteiger partial charge in [-0.05, 0) is 44.7 Å². The molecule has 1 saturated heterocycles. The molecule has 0 unspecified atom stereocenters. The van der Waals surface area contributed by atoms with Gasteiger partial charge in [-0.1, -0.05) is 6.92 Å². The van der Waals surface area contributed by atoms with Gasteiger partial charge in [0.25, 0.3) is 0 Å². The number of hydrogen-bond acceptors (Lipinski definition) is 2. The topological polar surface area (TPSA) is 29.1 Å². The van der Waals surface area contributed by atoms with Gasteiger partial charge in [-0.15, -0.1) is 0 Å². The van der Waals surface area contributed by atoms with Crippen molar-refractivity contribution in [1.82, 2.24) is 5.32 Å². The summed E-state index contributed by atoms with van der Waals surface area (Å²) in [6, 6.07) is 0. The lowest BCUT2D eigenvalue weighted by Gasteiger charge is -2.32. The molecule has 0 radical (unpaired) electrons. The second kappa shape index (κ2) is 3.41. The van der Waals surface area contributed by atoms with Crippen LogP contribution in [0.3, 0.4) is 0 Å². The first-order chi connectivity index (χ1) is 6.21. The van der Waals surface area contributed by atoms with Gasteiger partial charge in [-0.3, -0.25) is 4.79 Å². The van der Waals surface area contributed by atoms with Crippen molar-refractivity contribution in [2.75, 3.05) is 13.1 Å². The van der Waals surface area contributed by atoms with Crippen LogP contribution in [0.4, 0.5) is 0 Å². The molecular formula is C11H19NO. The molecule has 0 aromatic rings. The average molecular weight is 181 g/mol. The molecule has 1 aliphatic carbocycles. The molecule has 0 bridgehead atoms. The van der Waals surface area contributed by atoms with Crippen LogP contribution in [0.1, 0.15) is 39.0 Å². The number of ketones is 1. The van der Waals surface area contributed by atoms with Crippen LogP contribution in [-0.2, 0) is 4.79 Å². The van der Waals surface area contributed by atoms with Crippen molar-refractivity contribution in [3.05, 3.63) is 0 Å². The maximum Gasteiger partial charge on any atom is 0.139 e.